The fourth-order valence-electron chi connectivity index (χ4n) is 1.35. The highest BCUT2D eigenvalue weighted by Gasteiger charge is 2.14. The van der Waals surface area contributed by atoms with Gasteiger partial charge in [0.1, 0.15) is 17.7 Å². The molecule has 0 bridgehead atoms. The molecule has 0 saturated carbocycles. The number of anilines is 2. The molecule has 1 heterocycles. The third-order valence-electron chi connectivity index (χ3n) is 2.35. The SMILES string of the molecule is CSc1nc(N)cc(NC(C)C(=O)NCC(C)C)n1. The minimum Gasteiger partial charge on any atom is -0.383 e. The largest absolute Gasteiger partial charge is 0.383 e. The average molecular weight is 283 g/mol. The van der Waals surface area contributed by atoms with E-state index in [1.54, 1.807) is 13.0 Å². The van der Waals surface area contributed by atoms with Crippen molar-refractivity contribution in [2.75, 3.05) is 23.9 Å². The highest BCUT2D eigenvalue weighted by Crippen LogP contribution is 2.15. The topological polar surface area (TPSA) is 92.9 Å². The van der Waals surface area contributed by atoms with Crippen LogP contribution < -0.4 is 16.4 Å². The number of rotatable bonds is 6. The maximum Gasteiger partial charge on any atom is 0.242 e. The summed E-state index contributed by atoms with van der Waals surface area (Å²) in [7, 11) is 0. The summed E-state index contributed by atoms with van der Waals surface area (Å²) in [5, 5.41) is 6.47. The Hall–Kier alpha value is -1.50. The molecule has 0 saturated heterocycles. The number of aromatic nitrogens is 2. The van der Waals surface area contributed by atoms with E-state index in [0.29, 0.717) is 29.3 Å². The van der Waals surface area contributed by atoms with Crippen molar-refractivity contribution in [1.29, 1.82) is 0 Å². The van der Waals surface area contributed by atoms with Gasteiger partial charge in [-0.1, -0.05) is 25.6 Å². The molecule has 0 aliphatic heterocycles. The van der Waals surface area contributed by atoms with Gasteiger partial charge in [0.15, 0.2) is 5.16 Å². The van der Waals surface area contributed by atoms with Crippen LogP contribution in [0.1, 0.15) is 20.8 Å². The number of hydrogen-bond donors (Lipinski definition) is 3. The predicted octanol–water partition coefficient (Wildman–Crippen LogP) is 1.35. The second kappa shape index (κ2) is 7.18. The Kier molecular flexibility index (Phi) is 5.88. The molecule has 4 N–H and O–H groups in total. The van der Waals surface area contributed by atoms with Gasteiger partial charge in [-0.05, 0) is 19.1 Å². The maximum absolute atomic E-state index is 11.8. The van der Waals surface area contributed by atoms with Gasteiger partial charge in [-0.2, -0.15) is 0 Å². The van der Waals surface area contributed by atoms with Crippen LogP contribution in [0.25, 0.3) is 0 Å². The average Bonchev–Trinajstić information content (AvgIpc) is 2.34. The highest BCUT2D eigenvalue weighted by atomic mass is 32.2. The van der Waals surface area contributed by atoms with Crippen molar-refractivity contribution in [3.05, 3.63) is 6.07 Å². The molecule has 0 aliphatic carbocycles. The molecule has 6 nitrogen and oxygen atoms in total. The number of carbonyl (C=O) groups is 1. The number of nitrogens with zero attached hydrogens (tertiary/aromatic N) is 2. The van der Waals surface area contributed by atoms with Crippen LogP contribution in [0, 0.1) is 5.92 Å². The van der Waals surface area contributed by atoms with Gasteiger partial charge in [-0.25, -0.2) is 9.97 Å². The van der Waals surface area contributed by atoms with Crippen molar-refractivity contribution >= 4 is 29.3 Å². The van der Waals surface area contributed by atoms with Gasteiger partial charge in [0.25, 0.3) is 0 Å². The molecule has 1 rings (SSSR count). The van der Waals surface area contributed by atoms with Gasteiger partial charge in [-0.15, -0.1) is 0 Å². The van der Waals surface area contributed by atoms with E-state index in [1.807, 2.05) is 20.1 Å². The third-order valence-corrected chi connectivity index (χ3v) is 2.90. The fraction of sp³-hybridized carbons (Fsp3) is 0.583. The van der Waals surface area contributed by atoms with Crippen molar-refractivity contribution in [3.63, 3.8) is 0 Å². The maximum atomic E-state index is 11.8. The molecule has 0 aliphatic rings. The normalized spacial score (nSPS) is 12.3. The van der Waals surface area contributed by atoms with E-state index in [-0.39, 0.29) is 11.9 Å². The summed E-state index contributed by atoms with van der Waals surface area (Å²) < 4.78 is 0. The number of nitrogens with one attached hydrogen (secondary N) is 2. The highest BCUT2D eigenvalue weighted by molar-refractivity contribution is 7.98. The Morgan fingerprint density at radius 1 is 1.42 bits per heavy atom. The van der Waals surface area contributed by atoms with Crippen LogP contribution in [-0.4, -0.2) is 34.7 Å². The van der Waals surface area contributed by atoms with E-state index in [2.05, 4.69) is 20.6 Å². The Bertz CT molecular complexity index is 438. The van der Waals surface area contributed by atoms with Crippen molar-refractivity contribution < 1.29 is 4.79 Å². The zero-order valence-corrected chi connectivity index (χ0v) is 12.5. The predicted molar refractivity (Wildman–Crippen MR) is 79.2 cm³/mol. The van der Waals surface area contributed by atoms with Crippen molar-refractivity contribution in [2.24, 2.45) is 5.92 Å². The van der Waals surface area contributed by atoms with Crippen LogP contribution in [0.4, 0.5) is 11.6 Å². The first-order valence-electron chi connectivity index (χ1n) is 6.15. The van der Waals surface area contributed by atoms with Crippen LogP contribution in [0.5, 0.6) is 0 Å². The van der Waals surface area contributed by atoms with Gasteiger partial charge >= 0.3 is 0 Å². The lowest BCUT2D eigenvalue weighted by molar-refractivity contribution is -0.121. The second-order valence-electron chi connectivity index (χ2n) is 4.67. The molecular weight excluding hydrogens is 262 g/mol. The number of carbonyl (C=O) groups excluding carboxylic acids is 1. The van der Waals surface area contributed by atoms with Gasteiger partial charge < -0.3 is 16.4 Å². The molecule has 19 heavy (non-hydrogen) atoms. The number of nitrogens with two attached hydrogens (primary N) is 1. The summed E-state index contributed by atoms with van der Waals surface area (Å²) >= 11 is 1.40. The van der Waals surface area contributed by atoms with E-state index in [4.69, 9.17) is 5.73 Å². The van der Waals surface area contributed by atoms with E-state index in [9.17, 15) is 4.79 Å². The number of hydrogen-bond acceptors (Lipinski definition) is 6. The zero-order chi connectivity index (χ0) is 14.4. The Balaban J connectivity index is 2.63. The Morgan fingerprint density at radius 2 is 2.11 bits per heavy atom. The summed E-state index contributed by atoms with van der Waals surface area (Å²) in [5.41, 5.74) is 5.68. The number of amides is 1. The molecule has 1 aromatic rings. The molecule has 0 fully saturated rings. The molecular formula is C12H21N5OS. The standard InChI is InChI=1S/C12H21N5OS/c1-7(2)6-14-11(18)8(3)15-10-5-9(13)16-12(17-10)19-4/h5,7-8H,6H2,1-4H3,(H,14,18)(H3,13,15,16,17). The Labute approximate surface area is 118 Å². The molecule has 0 spiro atoms. The van der Waals surface area contributed by atoms with E-state index in [1.165, 1.54) is 11.8 Å². The van der Waals surface area contributed by atoms with E-state index >= 15 is 0 Å². The molecule has 0 radical (unpaired) electrons. The van der Waals surface area contributed by atoms with Crippen LogP contribution in [0.15, 0.2) is 11.2 Å². The van der Waals surface area contributed by atoms with Crippen LogP contribution in [0.2, 0.25) is 0 Å². The molecule has 7 heteroatoms. The summed E-state index contributed by atoms with van der Waals surface area (Å²) in [6.07, 6.45) is 1.87. The summed E-state index contributed by atoms with van der Waals surface area (Å²) in [6.45, 7) is 6.54. The van der Waals surface area contributed by atoms with E-state index < -0.39 is 0 Å². The quantitative estimate of drug-likeness (QED) is 0.539. The monoisotopic (exact) mass is 283 g/mol. The van der Waals surface area contributed by atoms with Gasteiger partial charge in [0.2, 0.25) is 5.91 Å². The molecule has 0 aromatic carbocycles. The first-order chi connectivity index (χ1) is 8.92. The summed E-state index contributed by atoms with van der Waals surface area (Å²) in [4.78, 5) is 20.1. The summed E-state index contributed by atoms with van der Waals surface area (Å²) in [6, 6.07) is 1.24. The second-order valence-corrected chi connectivity index (χ2v) is 5.44. The number of thioether (sulfide) groups is 1. The van der Waals surface area contributed by atoms with Gasteiger partial charge in [0, 0.05) is 12.6 Å². The molecule has 1 amide bonds. The van der Waals surface area contributed by atoms with Crippen molar-refractivity contribution in [2.45, 2.75) is 32.0 Å². The Morgan fingerprint density at radius 3 is 2.68 bits per heavy atom. The first kappa shape index (κ1) is 15.6. The molecule has 106 valence electrons. The zero-order valence-electron chi connectivity index (χ0n) is 11.7. The van der Waals surface area contributed by atoms with Crippen LogP contribution in [-0.2, 0) is 4.79 Å². The van der Waals surface area contributed by atoms with Gasteiger partial charge in [0.05, 0.1) is 0 Å². The minimum absolute atomic E-state index is 0.0587. The fourth-order valence-corrected chi connectivity index (χ4v) is 1.74. The molecule has 1 aromatic heterocycles. The van der Waals surface area contributed by atoms with Crippen molar-refractivity contribution in [3.8, 4) is 0 Å². The lowest BCUT2D eigenvalue weighted by Crippen LogP contribution is -2.39. The van der Waals surface area contributed by atoms with E-state index in [0.717, 1.165) is 0 Å². The molecule has 1 atom stereocenters. The lowest BCUT2D eigenvalue weighted by Gasteiger charge is -2.16. The summed E-state index contributed by atoms with van der Waals surface area (Å²) in [5.74, 6) is 1.31. The molecule has 1 unspecified atom stereocenters. The van der Waals surface area contributed by atoms with Crippen LogP contribution >= 0.6 is 11.8 Å². The minimum atomic E-state index is -0.372. The van der Waals surface area contributed by atoms with Crippen molar-refractivity contribution in [1.82, 2.24) is 15.3 Å². The number of nitrogen functional groups attached to an aromatic ring is 1. The lowest BCUT2D eigenvalue weighted by atomic mass is 10.2. The van der Waals surface area contributed by atoms with Crippen LogP contribution in [0.3, 0.4) is 0 Å². The van der Waals surface area contributed by atoms with Gasteiger partial charge in [-0.3, -0.25) is 4.79 Å². The third kappa shape index (κ3) is 5.34. The first-order valence-corrected chi connectivity index (χ1v) is 7.37. The smallest absolute Gasteiger partial charge is 0.242 e.